The molecule has 79 valence electrons. The molecule has 0 N–H and O–H groups in total. The summed E-state index contributed by atoms with van der Waals surface area (Å²) in [5.41, 5.74) is 2.42. The third-order valence-electron chi connectivity index (χ3n) is 2.36. The normalized spacial score (nSPS) is 9.88. The minimum atomic E-state index is 0. The van der Waals surface area contributed by atoms with E-state index in [9.17, 15) is 0 Å². The number of pyridine rings is 2. The van der Waals surface area contributed by atoms with Crippen molar-refractivity contribution in [3.63, 3.8) is 0 Å². The molecule has 0 atom stereocenters. The second-order valence-corrected chi connectivity index (χ2v) is 3.44. The van der Waals surface area contributed by atoms with Gasteiger partial charge in [0.1, 0.15) is 0 Å². The fourth-order valence-electron chi connectivity index (χ4n) is 1.59. The third kappa shape index (κ3) is 2.59. The average molecular weight is 293 g/mol. The van der Waals surface area contributed by atoms with E-state index in [-0.39, 0.29) is 32.7 Å². The zero-order valence-corrected chi connectivity index (χ0v) is 11.9. The quantitative estimate of drug-likeness (QED) is 0.645. The average Bonchev–Trinajstić information content (AvgIpc) is 2.39. The van der Waals surface area contributed by atoms with Crippen molar-refractivity contribution in [1.29, 1.82) is 0 Å². The van der Waals surface area contributed by atoms with Gasteiger partial charge < -0.3 is 9.97 Å². The number of nitrogens with zero attached hydrogens (tertiary/aromatic N) is 2. The molecule has 0 aliphatic carbocycles. The molecule has 2 heterocycles. The fourth-order valence-corrected chi connectivity index (χ4v) is 1.59. The number of rotatable bonds is 1. The van der Waals surface area contributed by atoms with E-state index in [1.807, 2.05) is 42.5 Å². The van der Waals surface area contributed by atoms with Crippen LogP contribution in [0.2, 0.25) is 0 Å². The third-order valence-corrected chi connectivity index (χ3v) is 2.36. The molecule has 1 aromatic carbocycles. The summed E-state index contributed by atoms with van der Waals surface area (Å²) in [6, 6.07) is 19.7. The summed E-state index contributed by atoms with van der Waals surface area (Å²) in [6.07, 6.45) is 1.73. The molecule has 0 saturated carbocycles. The predicted molar refractivity (Wildman–Crippen MR) is 62.6 cm³/mol. The van der Waals surface area contributed by atoms with Crippen molar-refractivity contribution in [3.05, 3.63) is 60.8 Å². The van der Waals surface area contributed by atoms with Crippen molar-refractivity contribution in [3.8, 4) is 11.4 Å². The van der Waals surface area contributed by atoms with Crippen LogP contribution < -0.4 is 0 Å². The van der Waals surface area contributed by atoms with Gasteiger partial charge in [-0.3, -0.25) is 0 Å². The Morgan fingerprint density at radius 1 is 0.941 bits per heavy atom. The number of hydrogen-bond donors (Lipinski definition) is 0. The summed E-state index contributed by atoms with van der Waals surface area (Å²) in [4.78, 5) is 8.70. The molecule has 0 aliphatic rings. The van der Waals surface area contributed by atoms with Gasteiger partial charge in [-0.15, -0.1) is 23.5 Å². The first-order chi connectivity index (χ1) is 7.93. The maximum atomic E-state index is 4.50. The molecule has 0 aliphatic heterocycles. The number of fused-ring (bicyclic) bond motifs is 1. The van der Waals surface area contributed by atoms with Gasteiger partial charge in [0.05, 0.1) is 0 Å². The van der Waals surface area contributed by atoms with Crippen molar-refractivity contribution < 1.29 is 32.7 Å². The first-order valence-electron chi connectivity index (χ1n) is 5.04. The minimum Gasteiger partial charge on any atom is -0.357 e. The van der Waals surface area contributed by atoms with Gasteiger partial charge in [-0.25, -0.2) is 12.1 Å². The molecule has 0 saturated heterocycles. The summed E-state index contributed by atoms with van der Waals surface area (Å²) in [5, 5.41) is 1.09. The smallest absolute Gasteiger partial charge is 0 e. The maximum absolute atomic E-state index is 4.50. The van der Waals surface area contributed by atoms with E-state index in [0.717, 1.165) is 22.3 Å². The second kappa shape index (κ2) is 5.48. The summed E-state index contributed by atoms with van der Waals surface area (Å²) in [7, 11) is 0. The van der Waals surface area contributed by atoms with E-state index in [4.69, 9.17) is 0 Å². The van der Waals surface area contributed by atoms with E-state index in [1.165, 1.54) is 0 Å². The molecule has 3 rings (SSSR count). The van der Waals surface area contributed by atoms with Gasteiger partial charge in [0, 0.05) is 32.7 Å². The number of aromatic nitrogens is 2. The van der Waals surface area contributed by atoms with Crippen molar-refractivity contribution in [2.24, 2.45) is 0 Å². The van der Waals surface area contributed by atoms with E-state index in [2.05, 4.69) is 22.1 Å². The van der Waals surface area contributed by atoms with Crippen LogP contribution in [0.4, 0.5) is 0 Å². The molecule has 3 aromatic rings. The molecular formula is C14H8N2Y-2. The molecule has 0 fully saturated rings. The molecule has 1 radical (unpaired) electrons. The second-order valence-electron chi connectivity index (χ2n) is 3.44. The zero-order chi connectivity index (χ0) is 10.8. The van der Waals surface area contributed by atoms with Crippen LogP contribution >= 0.6 is 0 Å². The van der Waals surface area contributed by atoms with Crippen molar-refractivity contribution in [2.45, 2.75) is 0 Å². The molecule has 0 unspecified atom stereocenters. The summed E-state index contributed by atoms with van der Waals surface area (Å²) in [5.74, 6) is 0. The topological polar surface area (TPSA) is 25.8 Å². The van der Waals surface area contributed by atoms with Crippen LogP contribution in [0.25, 0.3) is 22.3 Å². The van der Waals surface area contributed by atoms with Crippen LogP contribution in [-0.4, -0.2) is 9.97 Å². The molecular weight excluding hydrogens is 285 g/mol. The van der Waals surface area contributed by atoms with Crippen LogP contribution in [0.1, 0.15) is 0 Å². The molecule has 3 heteroatoms. The Labute approximate surface area is 125 Å². The van der Waals surface area contributed by atoms with Crippen molar-refractivity contribution in [1.82, 2.24) is 9.97 Å². The first-order valence-corrected chi connectivity index (χ1v) is 5.04. The van der Waals surface area contributed by atoms with Crippen LogP contribution in [0.15, 0.2) is 48.7 Å². The first kappa shape index (κ1) is 12.3. The van der Waals surface area contributed by atoms with E-state index >= 15 is 0 Å². The number of hydrogen-bond acceptors (Lipinski definition) is 2. The minimum absolute atomic E-state index is 0. The van der Waals surface area contributed by atoms with Gasteiger partial charge in [0.2, 0.25) is 0 Å². The molecule has 0 spiro atoms. The van der Waals surface area contributed by atoms with E-state index in [0.29, 0.717) is 0 Å². The largest absolute Gasteiger partial charge is 0.357 e. The fraction of sp³-hybridized carbons (Fsp3) is 0. The van der Waals surface area contributed by atoms with E-state index in [1.54, 1.807) is 6.20 Å². The molecule has 2 nitrogen and oxygen atoms in total. The predicted octanol–water partition coefficient (Wildman–Crippen LogP) is 2.89. The summed E-state index contributed by atoms with van der Waals surface area (Å²) < 4.78 is 0. The Hall–Kier alpha value is -1.12. The van der Waals surface area contributed by atoms with E-state index < -0.39 is 0 Å². The molecule has 2 aromatic heterocycles. The maximum Gasteiger partial charge on any atom is 0 e. The van der Waals surface area contributed by atoms with Crippen LogP contribution in [0, 0.1) is 12.1 Å². The molecule has 17 heavy (non-hydrogen) atoms. The Bertz CT molecular complexity index is 623. The van der Waals surface area contributed by atoms with Gasteiger partial charge in [-0.05, 0) is 17.8 Å². The number of para-hydroxylation sites is 1. The Kier molecular flexibility index (Phi) is 3.98. The Morgan fingerprint density at radius 3 is 2.65 bits per heavy atom. The monoisotopic (exact) mass is 293 g/mol. The number of benzene rings is 1. The SMILES string of the molecule is [Y].[c-]1cccnc1-c1[c-]cc2ccccc2n1. The van der Waals surface area contributed by atoms with Gasteiger partial charge in [-0.2, -0.15) is 12.1 Å². The summed E-state index contributed by atoms with van der Waals surface area (Å²) >= 11 is 0. The van der Waals surface area contributed by atoms with Gasteiger partial charge >= 0.3 is 0 Å². The standard InChI is InChI=1S/C14H8N2.Y/c1-2-6-12-11(5-1)8-9-14(16-12)13-7-3-4-10-15-13;/h1-6,8,10H;/q-2;. The van der Waals surface area contributed by atoms with Crippen LogP contribution in [-0.2, 0) is 32.7 Å². The molecule has 0 amide bonds. The molecule has 0 bridgehead atoms. The Balaban J connectivity index is 0.00000108. The zero-order valence-electron chi connectivity index (χ0n) is 9.09. The van der Waals surface area contributed by atoms with Gasteiger partial charge in [-0.1, -0.05) is 17.5 Å². The van der Waals surface area contributed by atoms with Gasteiger partial charge in [0.15, 0.2) is 0 Å². The van der Waals surface area contributed by atoms with Gasteiger partial charge in [0.25, 0.3) is 0 Å². The van der Waals surface area contributed by atoms with Crippen LogP contribution in [0.3, 0.4) is 0 Å². The van der Waals surface area contributed by atoms with Crippen LogP contribution in [0.5, 0.6) is 0 Å². The summed E-state index contributed by atoms with van der Waals surface area (Å²) in [6.45, 7) is 0. The van der Waals surface area contributed by atoms with Crippen molar-refractivity contribution >= 4 is 10.9 Å². The van der Waals surface area contributed by atoms with Crippen molar-refractivity contribution in [2.75, 3.05) is 0 Å². The Morgan fingerprint density at radius 2 is 1.82 bits per heavy atom.